The van der Waals surface area contributed by atoms with Gasteiger partial charge in [0.15, 0.2) is 0 Å². The summed E-state index contributed by atoms with van der Waals surface area (Å²) in [5.74, 6) is 0.323. The standard InChI is InChI=1S/C14H19ClN2O2/c15-12-9-11(3-4-13(12)18)10-16-6-5-14(19)17-7-1-2-8-17/h3-4,9,16,18H,1-2,5-8,10H2. The number of benzene rings is 1. The summed E-state index contributed by atoms with van der Waals surface area (Å²) in [6.07, 6.45) is 2.79. The quantitative estimate of drug-likeness (QED) is 0.814. The molecule has 2 N–H and O–H groups in total. The molecule has 0 spiro atoms. The molecule has 1 heterocycles. The average molecular weight is 283 g/mol. The zero-order valence-corrected chi connectivity index (χ0v) is 11.6. The first-order valence-electron chi connectivity index (χ1n) is 6.63. The van der Waals surface area contributed by atoms with Crippen LogP contribution in [0.1, 0.15) is 24.8 Å². The Morgan fingerprint density at radius 1 is 1.37 bits per heavy atom. The maximum Gasteiger partial charge on any atom is 0.223 e. The molecule has 0 atom stereocenters. The fourth-order valence-electron chi connectivity index (χ4n) is 2.21. The van der Waals surface area contributed by atoms with Crippen molar-refractivity contribution in [2.45, 2.75) is 25.8 Å². The van der Waals surface area contributed by atoms with E-state index >= 15 is 0 Å². The molecular weight excluding hydrogens is 264 g/mol. The summed E-state index contributed by atoms with van der Waals surface area (Å²) in [4.78, 5) is 13.7. The predicted octanol–water partition coefficient (Wildman–Crippen LogP) is 2.15. The molecule has 1 aliphatic heterocycles. The molecule has 1 saturated heterocycles. The number of carbonyl (C=O) groups is 1. The molecule has 0 radical (unpaired) electrons. The highest BCUT2D eigenvalue weighted by atomic mass is 35.5. The maximum atomic E-state index is 11.8. The third-order valence-electron chi connectivity index (χ3n) is 3.32. The number of phenolic OH excluding ortho intramolecular Hbond substituents is 1. The number of likely N-dealkylation sites (tertiary alicyclic amines) is 1. The van der Waals surface area contributed by atoms with Gasteiger partial charge in [-0.05, 0) is 30.5 Å². The van der Waals surface area contributed by atoms with Gasteiger partial charge in [0.1, 0.15) is 5.75 Å². The second-order valence-corrected chi connectivity index (χ2v) is 5.21. The number of nitrogens with zero attached hydrogens (tertiary/aromatic N) is 1. The number of phenols is 1. The number of hydrogen-bond acceptors (Lipinski definition) is 3. The van der Waals surface area contributed by atoms with E-state index in [1.807, 2.05) is 11.0 Å². The first-order chi connectivity index (χ1) is 9.16. The Balaban J connectivity index is 1.68. The van der Waals surface area contributed by atoms with Crippen LogP contribution >= 0.6 is 11.6 Å². The molecule has 0 unspecified atom stereocenters. The summed E-state index contributed by atoms with van der Waals surface area (Å²) in [5.41, 5.74) is 0.997. The predicted molar refractivity (Wildman–Crippen MR) is 75.3 cm³/mol. The highest BCUT2D eigenvalue weighted by Gasteiger charge is 2.16. The molecule has 0 aliphatic carbocycles. The number of carbonyl (C=O) groups excluding carboxylic acids is 1. The van der Waals surface area contributed by atoms with Crippen LogP contribution in [0.3, 0.4) is 0 Å². The minimum atomic E-state index is 0.0922. The molecule has 1 aromatic carbocycles. The number of nitrogens with one attached hydrogen (secondary N) is 1. The van der Waals surface area contributed by atoms with Crippen LogP contribution in [0.2, 0.25) is 5.02 Å². The number of rotatable bonds is 5. The molecule has 19 heavy (non-hydrogen) atoms. The molecule has 1 aliphatic rings. The average Bonchev–Trinajstić information content (AvgIpc) is 2.92. The smallest absolute Gasteiger partial charge is 0.223 e. The SMILES string of the molecule is O=C(CCNCc1ccc(O)c(Cl)c1)N1CCCC1. The van der Waals surface area contributed by atoms with E-state index in [1.165, 1.54) is 0 Å². The highest BCUT2D eigenvalue weighted by Crippen LogP contribution is 2.23. The van der Waals surface area contributed by atoms with Crippen molar-refractivity contribution in [1.29, 1.82) is 0 Å². The lowest BCUT2D eigenvalue weighted by Crippen LogP contribution is -2.30. The first kappa shape index (κ1) is 14.2. The lowest BCUT2D eigenvalue weighted by atomic mass is 10.2. The van der Waals surface area contributed by atoms with Crippen molar-refractivity contribution in [2.24, 2.45) is 0 Å². The molecule has 2 rings (SSSR count). The zero-order chi connectivity index (χ0) is 13.7. The highest BCUT2D eigenvalue weighted by molar-refractivity contribution is 6.32. The van der Waals surface area contributed by atoms with Crippen molar-refractivity contribution >= 4 is 17.5 Å². The Kier molecular flexibility index (Phi) is 5.05. The largest absolute Gasteiger partial charge is 0.506 e. The van der Waals surface area contributed by atoms with Crippen LogP contribution in [0, 0.1) is 0 Å². The molecule has 0 bridgehead atoms. The maximum absolute atomic E-state index is 11.8. The van der Waals surface area contributed by atoms with Crippen molar-refractivity contribution in [3.8, 4) is 5.75 Å². The molecule has 4 nitrogen and oxygen atoms in total. The van der Waals surface area contributed by atoms with Crippen LogP contribution in [0.5, 0.6) is 5.75 Å². The van der Waals surface area contributed by atoms with Crippen LogP contribution < -0.4 is 5.32 Å². The van der Waals surface area contributed by atoms with Crippen molar-refractivity contribution in [3.63, 3.8) is 0 Å². The van der Waals surface area contributed by atoms with Crippen molar-refractivity contribution in [1.82, 2.24) is 10.2 Å². The molecule has 104 valence electrons. The van der Waals surface area contributed by atoms with Gasteiger partial charge in [0, 0.05) is 32.6 Å². The van der Waals surface area contributed by atoms with E-state index in [1.54, 1.807) is 12.1 Å². The Bertz CT molecular complexity index is 445. The van der Waals surface area contributed by atoms with Gasteiger partial charge in [0.25, 0.3) is 0 Å². The van der Waals surface area contributed by atoms with Gasteiger partial charge in [-0.2, -0.15) is 0 Å². The Morgan fingerprint density at radius 3 is 2.79 bits per heavy atom. The van der Waals surface area contributed by atoms with Crippen LogP contribution in [0.15, 0.2) is 18.2 Å². The van der Waals surface area contributed by atoms with Gasteiger partial charge >= 0.3 is 0 Å². The number of halogens is 1. The van der Waals surface area contributed by atoms with E-state index in [2.05, 4.69) is 5.32 Å². The molecular formula is C14H19ClN2O2. The third kappa shape index (κ3) is 4.11. The minimum Gasteiger partial charge on any atom is -0.506 e. The van der Waals surface area contributed by atoms with Gasteiger partial charge in [0.2, 0.25) is 5.91 Å². The lowest BCUT2D eigenvalue weighted by Gasteiger charge is -2.15. The van der Waals surface area contributed by atoms with E-state index < -0.39 is 0 Å². The minimum absolute atomic E-state index is 0.0922. The molecule has 1 fully saturated rings. The van der Waals surface area contributed by atoms with E-state index in [0.29, 0.717) is 24.5 Å². The van der Waals surface area contributed by atoms with Gasteiger partial charge in [-0.25, -0.2) is 0 Å². The Labute approximate surface area is 118 Å². The molecule has 0 aromatic heterocycles. The monoisotopic (exact) mass is 282 g/mol. The lowest BCUT2D eigenvalue weighted by molar-refractivity contribution is -0.130. The van der Waals surface area contributed by atoms with Gasteiger partial charge in [-0.1, -0.05) is 17.7 Å². The third-order valence-corrected chi connectivity index (χ3v) is 3.62. The first-order valence-corrected chi connectivity index (χ1v) is 7.00. The Hall–Kier alpha value is -1.26. The van der Waals surface area contributed by atoms with Crippen LogP contribution in [-0.2, 0) is 11.3 Å². The summed E-state index contributed by atoms with van der Waals surface area (Å²) >= 11 is 5.82. The fraction of sp³-hybridized carbons (Fsp3) is 0.500. The summed E-state index contributed by atoms with van der Waals surface area (Å²) in [6.45, 7) is 3.12. The van der Waals surface area contributed by atoms with E-state index in [-0.39, 0.29) is 11.7 Å². The fourth-order valence-corrected chi connectivity index (χ4v) is 2.42. The number of hydrogen-bond donors (Lipinski definition) is 2. The Morgan fingerprint density at radius 2 is 2.11 bits per heavy atom. The van der Waals surface area contributed by atoms with E-state index in [4.69, 9.17) is 11.6 Å². The zero-order valence-electron chi connectivity index (χ0n) is 10.9. The van der Waals surface area contributed by atoms with Crippen molar-refractivity contribution in [3.05, 3.63) is 28.8 Å². The second kappa shape index (κ2) is 6.78. The van der Waals surface area contributed by atoms with Gasteiger partial charge in [-0.3, -0.25) is 4.79 Å². The van der Waals surface area contributed by atoms with Gasteiger partial charge in [-0.15, -0.1) is 0 Å². The van der Waals surface area contributed by atoms with Crippen LogP contribution in [0.25, 0.3) is 0 Å². The molecule has 1 aromatic rings. The second-order valence-electron chi connectivity index (χ2n) is 4.80. The normalized spacial score (nSPS) is 14.9. The number of amides is 1. The van der Waals surface area contributed by atoms with Crippen molar-refractivity contribution < 1.29 is 9.90 Å². The van der Waals surface area contributed by atoms with Crippen LogP contribution in [-0.4, -0.2) is 35.5 Å². The van der Waals surface area contributed by atoms with Crippen LogP contribution in [0.4, 0.5) is 0 Å². The van der Waals surface area contributed by atoms with Gasteiger partial charge < -0.3 is 15.3 Å². The molecule has 0 saturated carbocycles. The van der Waals surface area contributed by atoms with Crippen molar-refractivity contribution in [2.75, 3.05) is 19.6 Å². The van der Waals surface area contributed by atoms with E-state index in [0.717, 1.165) is 31.5 Å². The summed E-state index contributed by atoms with van der Waals surface area (Å²) in [5, 5.41) is 12.9. The summed E-state index contributed by atoms with van der Waals surface area (Å²) < 4.78 is 0. The topological polar surface area (TPSA) is 52.6 Å². The number of aromatic hydroxyl groups is 1. The summed E-state index contributed by atoms with van der Waals surface area (Å²) in [7, 11) is 0. The van der Waals surface area contributed by atoms with Gasteiger partial charge in [0.05, 0.1) is 5.02 Å². The summed E-state index contributed by atoms with van der Waals surface area (Å²) in [6, 6.07) is 5.12. The molecule has 1 amide bonds. The molecule has 5 heteroatoms. The van der Waals surface area contributed by atoms with E-state index in [9.17, 15) is 9.90 Å².